The molecule has 0 radical (unpaired) electrons. The van der Waals surface area contributed by atoms with Crippen molar-refractivity contribution in [1.29, 1.82) is 0 Å². The summed E-state index contributed by atoms with van der Waals surface area (Å²) in [6.45, 7) is 6.51. The summed E-state index contributed by atoms with van der Waals surface area (Å²) < 4.78 is 5.37. The van der Waals surface area contributed by atoms with Crippen molar-refractivity contribution in [2.75, 3.05) is 31.2 Å². The number of morpholine rings is 1. The highest BCUT2D eigenvalue weighted by Crippen LogP contribution is 2.25. The van der Waals surface area contributed by atoms with Crippen molar-refractivity contribution in [2.45, 2.75) is 26.3 Å². The van der Waals surface area contributed by atoms with E-state index in [1.54, 1.807) is 17.0 Å². The summed E-state index contributed by atoms with van der Waals surface area (Å²) in [5, 5.41) is 12.9. The summed E-state index contributed by atoms with van der Waals surface area (Å²) in [7, 11) is 0. The maximum absolute atomic E-state index is 12.5. The number of phenolic OH excluding ortho intramolecular Hbond substituents is 1. The monoisotopic (exact) mass is 278 g/mol. The number of hydrogen-bond donors (Lipinski definition) is 2. The van der Waals surface area contributed by atoms with E-state index in [2.05, 4.69) is 5.32 Å². The molecule has 1 aromatic rings. The molecule has 110 valence electrons. The van der Waals surface area contributed by atoms with Crippen LogP contribution in [0, 0.1) is 6.92 Å². The molecule has 20 heavy (non-hydrogen) atoms. The molecule has 1 fully saturated rings. The molecule has 0 bridgehead atoms. The molecule has 2 rings (SSSR count). The van der Waals surface area contributed by atoms with Gasteiger partial charge < -0.3 is 20.1 Å². The van der Waals surface area contributed by atoms with E-state index < -0.39 is 0 Å². The fourth-order valence-corrected chi connectivity index (χ4v) is 2.44. The highest BCUT2D eigenvalue weighted by atomic mass is 16.5. The molecule has 2 N–H and O–H groups in total. The number of nitrogens with one attached hydrogen (secondary N) is 1. The van der Waals surface area contributed by atoms with Crippen molar-refractivity contribution >= 4 is 11.6 Å². The van der Waals surface area contributed by atoms with Crippen LogP contribution in [0.5, 0.6) is 5.75 Å². The Labute approximate surface area is 119 Å². The van der Waals surface area contributed by atoms with Crippen LogP contribution in [-0.2, 0) is 9.53 Å². The van der Waals surface area contributed by atoms with Crippen LogP contribution in [0.2, 0.25) is 0 Å². The van der Waals surface area contributed by atoms with Crippen molar-refractivity contribution in [2.24, 2.45) is 0 Å². The van der Waals surface area contributed by atoms with Gasteiger partial charge in [-0.15, -0.1) is 0 Å². The molecule has 1 aliphatic rings. The van der Waals surface area contributed by atoms with Gasteiger partial charge in [-0.1, -0.05) is 6.07 Å². The molecule has 0 spiro atoms. The largest absolute Gasteiger partial charge is 0.508 e. The highest BCUT2D eigenvalue weighted by Gasteiger charge is 2.22. The average molecular weight is 278 g/mol. The van der Waals surface area contributed by atoms with E-state index in [1.807, 2.05) is 19.9 Å². The maximum atomic E-state index is 12.5. The summed E-state index contributed by atoms with van der Waals surface area (Å²) in [5.41, 5.74) is 1.75. The number of ether oxygens (including phenoxy) is 1. The number of anilines is 1. The first-order valence-corrected chi connectivity index (χ1v) is 7.03. The Morgan fingerprint density at radius 2 is 2.35 bits per heavy atom. The minimum atomic E-state index is 0.0456. The zero-order valence-electron chi connectivity index (χ0n) is 12.1. The molecule has 0 aromatic heterocycles. The van der Waals surface area contributed by atoms with Gasteiger partial charge in [-0.05, 0) is 25.5 Å². The standard InChI is InChI=1S/C15H22N2O3/c1-3-17(14-9-13(18)5-4-11(14)2)15(19)8-12-10-20-7-6-16-12/h4-5,9,12,16,18H,3,6-8,10H2,1-2H3. The lowest BCUT2D eigenvalue weighted by atomic mass is 10.1. The fraction of sp³-hybridized carbons (Fsp3) is 0.533. The predicted molar refractivity (Wildman–Crippen MR) is 78.1 cm³/mol. The molecule has 1 aromatic carbocycles. The SMILES string of the molecule is CCN(C(=O)CC1COCCN1)c1cc(O)ccc1C. The van der Waals surface area contributed by atoms with Gasteiger partial charge in [-0.25, -0.2) is 0 Å². The van der Waals surface area contributed by atoms with Crippen LogP contribution in [0.25, 0.3) is 0 Å². The molecule has 1 heterocycles. The van der Waals surface area contributed by atoms with E-state index in [1.165, 1.54) is 0 Å². The second-order valence-electron chi connectivity index (χ2n) is 5.04. The van der Waals surface area contributed by atoms with Gasteiger partial charge in [0.1, 0.15) is 5.75 Å². The summed E-state index contributed by atoms with van der Waals surface area (Å²) in [6.07, 6.45) is 0.406. The Balaban J connectivity index is 2.10. The van der Waals surface area contributed by atoms with Crippen LogP contribution in [0.3, 0.4) is 0 Å². The molecular formula is C15H22N2O3. The topological polar surface area (TPSA) is 61.8 Å². The van der Waals surface area contributed by atoms with Crippen LogP contribution < -0.4 is 10.2 Å². The first-order valence-electron chi connectivity index (χ1n) is 7.03. The summed E-state index contributed by atoms with van der Waals surface area (Å²) in [5.74, 6) is 0.222. The fourth-order valence-electron chi connectivity index (χ4n) is 2.44. The molecule has 1 aliphatic heterocycles. The zero-order chi connectivity index (χ0) is 14.5. The first kappa shape index (κ1) is 14.8. The number of carbonyl (C=O) groups excluding carboxylic acids is 1. The summed E-state index contributed by atoms with van der Waals surface area (Å²) in [6, 6.07) is 5.17. The third-order valence-corrected chi connectivity index (χ3v) is 3.52. The van der Waals surface area contributed by atoms with Crippen LogP contribution >= 0.6 is 0 Å². The molecule has 1 atom stereocenters. The average Bonchev–Trinajstić information content (AvgIpc) is 2.44. The number of benzene rings is 1. The third kappa shape index (κ3) is 3.49. The number of hydrogen-bond acceptors (Lipinski definition) is 4. The van der Waals surface area contributed by atoms with Gasteiger partial charge in [0, 0.05) is 31.6 Å². The van der Waals surface area contributed by atoms with Gasteiger partial charge in [0.25, 0.3) is 0 Å². The smallest absolute Gasteiger partial charge is 0.228 e. The lowest BCUT2D eigenvalue weighted by molar-refractivity contribution is -0.119. The number of nitrogens with zero attached hydrogens (tertiary/aromatic N) is 1. The second-order valence-corrected chi connectivity index (χ2v) is 5.04. The molecule has 1 unspecified atom stereocenters. The highest BCUT2D eigenvalue weighted by molar-refractivity contribution is 5.94. The Hall–Kier alpha value is -1.59. The Morgan fingerprint density at radius 1 is 1.55 bits per heavy atom. The van der Waals surface area contributed by atoms with Crippen molar-refractivity contribution in [3.63, 3.8) is 0 Å². The van der Waals surface area contributed by atoms with Gasteiger partial charge in [0.05, 0.1) is 18.9 Å². The van der Waals surface area contributed by atoms with Crippen molar-refractivity contribution in [3.8, 4) is 5.75 Å². The number of aromatic hydroxyl groups is 1. The molecular weight excluding hydrogens is 256 g/mol. The molecule has 5 heteroatoms. The second kappa shape index (κ2) is 6.72. The predicted octanol–water partition coefficient (Wildman–Crippen LogP) is 1.43. The van der Waals surface area contributed by atoms with Gasteiger partial charge >= 0.3 is 0 Å². The number of carbonyl (C=O) groups is 1. The Morgan fingerprint density at radius 3 is 3.00 bits per heavy atom. The third-order valence-electron chi connectivity index (χ3n) is 3.52. The zero-order valence-corrected chi connectivity index (χ0v) is 12.1. The normalized spacial score (nSPS) is 18.8. The number of phenols is 1. The van der Waals surface area contributed by atoms with E-state index in [0.717, 1.165) is 17.8 Å². The molecule has 0 aliphatic carbocycles. The van der Waals surface area contributed by atoms with Crippen LogP contribution in [0.1, 0.15) is 18.9 Å². The van der Waals surface area contributed by atoms with E-state index >= 15 is 0 Å². The lowest BCUT2D eigenvalue weighted by Crippen LogP contribution is -2.45. The number of rotatable bonds is 4. The lowest BCUT2D eigenvalue weighted by Gasteiger charge is -2.28. The summed E-state index contributed by atoms with van der Waals surface area (Å²) in [4.78, 5) is 14.2. The Bertz CT molecular complexity index is 470. The molecule has 5 nitrogen and oxygen atoms in total. The van der Waals surface area contributed by atoms with E-state index in [9.17, 15) is 9.90 Å². The molecule has 0 saturated carbocycles. The number of amides is 1. The van der Waals surface area contributed by atoms with Crippen LogP contribution in [0.15, 0.2) is 18.2 Å². The molecule has 1 saturated heterocycles. The minimum absolute atomic E-state index is 0.0456. The Kier molecular flexibility index (Phi) is 4.98. The first-order chi connectivity index (χ1) is 9.61. The van der Waals surface area contributed by atoms with E-state index in [4.69, 9.17) is 4.74 Å². The van der Waals surface area contributed by atoms with Gasteiger partial charge in [-0.3, -0.25) is 4.79 Å². The molecule has 1 amide bonds. The van der Waals surface area contributed by atoms with Gasteiger partial charge in [0.15, 0.2) is 0 Å². The minimum Gasteiger partial charge on any atom is -0.508 e. The summed E-state index contributed by atoms with van der Waals surface area (Å²) >= 11 is 0. The van der Waals surface area contributed by atoms with Crippen molar-refractivity contribution < 1.29 is 14.6 Å². The van der Waals surface area contributed by atoms with Crippen molar-refractivity contribution in [3.05, 3.63) is 23.8 Å². The number of aryl methyl sites for hydroxylation is 1. The van der Waals surface area contributed by atoms with Crippen LogP contribution in [-0.4, -0.2) is 43.4 Å². The van der Waals surface area contributed by atoms with Gasteiger partial charge in [0.2, 0.25) is 5.91 Å². The van der Waals surface area contributed by atoms with E-state index in [0.29, 0.717) is 26.2 Å². The van der Waals surface area contributed by atoms with E-state index in [-0.39, 0.29) is 17.7 Å². The quantitative estimate of drug-likeness (QED) is 0.874. The van der Waals surface area contributed by atoms with Crippen LogP contribution in [0.4, 0.5) is 5.69 Å². The van der Waals surface area contributed by atoms with Crippen molar-refractivity contribution in [1.82, 2.24) is 5.32 Å². The van der Waals surface area contributed by atoms with Gasteiger partial charge in [-0.2, -0.15) is 0 Å². The maximum Gasteiger partial charge on any atom is 0.228 e.